The Labute approximate surface area is 219 Å². The minimum atomic E-state index is -0.659. The number of rotatable bonds is 24. The number of carbonyl (C=O) groups is 2. The highest BCUT2D eigenvalue weighted by atomic mass is 16.5. The van der Waals surface area contributed by atoms with Gasteiger partial charge in [0.25, 0.3) is 0 Å². The molecule has 0 saturated heterocycles. The first-order valence-electron chi connectivity index (χ1n) is 15.2. The molecule has 0 saturated carbocycles. The van der Waals surface area contributed by atoms with E-state index in [4.69, 9.17) is 5.11 Å². The van der Waals surface area contributed by atoms with Crippen LogP contribution in [-0.4, -0.2) is 24.2 Å². The predicted octanol–water partition coefficient (Wildman–Crippen LogP) is 10.1. The van der Waals surface area contributed by atoms with Crippen molar-refractivity contribution in [2.75, 3.05) is 7.11 Å². The summed E-state index contributed by atoms with van der Waals surface area (Å²) in [5.74, 6) is 0.0888. The number of ether oxygens (including phenoxy) is 1. The Bertz CT molecular complexity index is 449. The van der Waals surface area contributed by atoms with E-state index in [2.05, 4.69) is 25.5 Å². The lowest BCUT2D eigenvalue weighted by atomic mass is 9.99. The first kappa shape index (κ1) is 36.1. The maximum absolute atomic E-state index is 11.1. The van der Waals surface area contributed by atoms with E-state index in [1.807, 2.05) is 6.92 Å². The van der Waals surface area contributed by atoms with Crippen LogP contribution in [0.25, 0.3) is 0 Å². The number of hydrogen-bond acceptors (Lipinski definition) is 3. The number of hydrogen-bond donors (Lipinski definition) is 1. The van der Waals surface area contributed by atoms with Crippen LogP contribution in [0.5, 0.6) is 0 Å². The summed E-state index contributed by atoms with van der Waals surface area (Å²) in [6.45, 7) is 8.69. The van der Waals surface area contributed by atoms with Crippen LogP contribution in [0.1, 0.15) is 169 Å². The van der Waals surface area contributed by atoms with Crippen LogP contribution in [0.15, 0.2) is 0 Å². The van der Waals surface area contributed by atoms with E-state index in [0.717, 1.165) is 12.8 Å². The van der Waals surface area contributed by atoms with Crippen molar-refractivity contribution in [2.45, 2.75) is 169 Å². The van der Waals surface area contributed by atoms with Crippen LogP contribution in [0.2, 0.25) is 0 Å². The maximum atomic E-state index is 11.1. The normalized spacial score (nSPS) is 12.5. The summed E-state index contributed by atoms with van der Waals surface area (Å²) < 4.78 is 4.67. The molecule has 4 heteroatoms. The van der Waals surface area contributed by atoms with Gasteiger partial charge in [-0.15, -0.1) is 0 Å². The molecule has 0 aromatic carbocycles. The van der Waals surface area contributed by atoms with Gasteiger partial charge in [-0.2, -0.15) is 0 Å². The van der Waals surface area contributed by atoms with Crippen LogP contribution in [0.4, 0.5) is 0 Å². The quantitative estimate of drug-likeness (QED) is 0.106. The van der Waals surface area contributed by atoms with Crippen molar-refractivity contribution < 1.29 is 19.4 Å². The smallest absolute Gasteiger partial charge is 0.305 e. The summed E-state index contributed by atoms with van der Waals surface area (Å²) >= 11 is 0. The van der Waals surface area contributed by atoms with Crippen LogP contribution >= 0.6 is 0 Å². The Morgan fingerprint density at radius 3 is 1.20 bits per heavy atom. The highest BCUT2D eigenvalue weighted by molar-refractivity contribution is 5.69. The minimum absolute atomic E-state index is 0.0709. The van der Waals surface area contributed by atoms with Gasteiger partial charge in [-0.25, -0.2) is 0 Å². The first-order chi connectivity index (χ1) is 16.9. The van der Waals surface area contributed by atoms with E-state index in [1.54, 1.807) is 0 Å². The molecule has 1 N–H and O–H groups in total. The zero-order valence-corrected chi connectivity index (χ0v) is 24.4. The predicted molar refractivity (Wildman–Crippen MR) is 151 cm³/mol. The number of carbonyl (C=O) groups excluding carboxylic acids is 1. The fourth-order valence-corrected chi connectivity index (χ4v) is 4.48. The van der Waals surface area contributed by atoms with E-state index in [1.165, 1.54) is 123 Å². The molecule has 0 aliphatic rings. The second-order valence-corrected chi connectivity index (χ2v) is 10.8. The van der Waals surface area contributed by atoms with Crippen molar-refractivity contribution >= 4 is 11.9 Å². The summed E-state index contributed by atoms with van der Waals surface area (Å²) in [5.41, 5.74) is 0. The molecule has 0 radical (unpaired) electrons. The van der Waals surface area contributed by atoms with Crippen molar-refractivity contribution in [1.29, 1.82) is 0 Å². The maximum Gasteiger partial charge on any atom is 0.305 e. The molecule has 4 nitrogen and oxygen atoms in total. The highest BCUT2D eigenvalue weighted by Gasteiger charge is 2.08. The molecule has 35 heavy (non-hydrogen) atoms. The van der Waals surface area contributed by atoms with Crippen LogP contribution in [0.3, 0.4) is 0 Å². The summed E-state index contributed by atoms with van der Waals surface area (Å²) in [4.78, 5) is 21.5. The average Bonchev–Trinajstić information content (AvgIpc) is 2.81. The fraction of sp³-hybridized carbons (Fsp3) is 0.935. The van der Waals surface area contributed by atoms with E-state index >= 15 is 0 Å². The molecule has 0 heterocycles. The molecule has 0 spiro atoms. The molecule has 0 bridgehead atoms. The number of carboxylic acids is 1. The van der Waals surface area contributed by atoms with Crippen molar-refractivity contribution in [3.63, 3.8) is 0 Å². The Hall–Kier alpha value is -1.06. The van der Waals surface area contributed by atoms with Gasteiger partial charge in [0.15, 0.2) is 0 Å². The van der Waals surface area contributed by atoms with Crippen molar-refractivity contribution in [3.8, 4) is 0 Å². The van der Waals surface area contributed by atoms with E-state index < -0.39 is 5.97 Å². The van der Waals surface area contributed by atoms with Gasteiger partial charge in [0.1, 0.15) is 0 Å². The topological polar surface area (TPSA) is 63.6 Å². The van der Waals surface area contributed by atoms with Gasteiger partial charge < -0.3 is 9.84 Å². The molecule has 0 rings (SSSR count). The molecule has 0 amide bonds. The molecule has 210 valence electrons. The Morgan fingerprint density at radius 2 is 0.886 bits per heavy atom. The lowest BCUT2D eigenvalue weighted by Gasteiger charge is -2.09. The third-order valence-corrected chi connectivity index (χ3v) is 6.87. The van der Waals surface area contributed by atoms with Crippen molar-refractivity contribution in [3.05, 3.63) is 0 Å². The minimum Gasteiger partial charge on any atom is -0.481 e. The standard InChI is InChI=1S/C16H32O2.C15H30O2/c1-4-5-6-7-8-9-10-11-12-13-15(2)14-16(17)18-3;1-3-4-5-6-7-8-9-10-11-12-14(2)13-15(16)17/h15H,4-14H2,1-3H3;14H,3-13H2,1-2H3,(H,16,17)/t15-;14-/m11/s1. The van der Waals surface area contributed by atoms with Crippen molar-refractivity contribution in [2.24, 2.45) is 11.8 Å². The Balaban J connectivity index is 0. The zero-order chi connectivity index (χ0) is 26.6. The van der Waals surface area contributed by atoms with Gasteiger partial charge in [0.05, 0.1) is 7.11 Å². The van der Waals surface area contributed by atoms with Gasteiger partial charge in [-0.1, -0.05) is 156 Å². The molecule has 0 fully saturated rings. The van der Waals surface area contributed by atoms with E-state index in [0.29, 0.717) is 24.7 Å². The average molecular weight is 499 g/mol. The molecule has 0 aromatic heterocycles. The van der Waals surface area contributed by atoms with Gasteiger partial charge in [0, 0.05) is 12.8 Å². The van der Waals surface area contributed by atoms with Crippen LogP contribution in [-0.2, 0) is 14.3 Å². The second-order valence-electron chi connectivity index (χ2n) is 10.8. The van der Waals surface area contributed by atoms with Gasteiger partial charge in [0.2, 0.25) is 0 Å². The van der Waals surface area contributed by atoms with Crippen molar-refractivity contribution in [1.82, 2.24) is 0 Å². The molecule has 0 aromatic rings. The number of unbranched alkanes of at least 4 members (excludes halogenated alkanes) is 16. The SMILES string of the molecule is CCCCCCCCCCC[C@@H](C)CC(=O)O.CCCCCCCCCCC[C@@H](C)CC(=O)OC. The highest BCUT2D eigenvalue weighted by Crippen LogP contribution is 2.16. The molecular weight excluding hydrogens is 436 g/mol. The molecule has 0 aliphatic carbocycles. The summed E-state index contributed by atoms with van der Waals surface area (Å²) in [6.07, 6.45) is 27.4. The summed E-state index contributed by atoms with van der Waals surface area (Å²) in [5, 5.41) is 8.63. The second kappa shape index (κ2) is 29.2. The fourth-order valence-electron chi connectivity index (χ4n) is 4.48. The molecule has 0 aliphatic heterocycles. The van der Waals surface area contributed by atoms with E-state index in [-0.39, 0.29) is 5.97 Å². The summed E-state index contributed by atoms with van der Waals surface area (Å²) in [6, 6.07) is 0. The third-order valence-electron chi connectivity index (χ3n) is 6.87. The number of esters is 1. The Morgan fingerprint density at radius 1 is 0.571 bits per heavy atom. The van der Waals surface area contributed by atoms with Gasteiger partial charge in [-0.05, 0) is 11.8 Å². The summed E-state index contributed by atoms with van der Waals surface area (Å²) in [7, 11) is 1.47. The van der Waals surface area contributed by atoms with E-state index in [9.17, 15) is 9.59 Å². The number of carboxylic acid groups (broad SMARTS) is 1. The number of methoxy groups -OCH3 is 1. The van der Waals surface area contributed by atoms with Gasteiger partial charge >= 0.3 is 11.9 Å². The zero-order valence-electron chi connectivity index (χ0n) is 24.4. The van der Waals surface area contributed by atoms with Crippen LogP contribution in [0, 0.1) is 11.8 Å². The molecule has 2 atom stereocenters. The largest absolute Gasteiger partial charge is 0.481 e. The number of aliphatic carboxylic acids is 1. The Kier molecular flexibility index (Phi) is 30.1. The monoisotopic (exact) mass is 498 g/mol. The molecule has 0 unspecified atom stereocenters. The van der Waals surface area contributed by atoms with Gasteiger partial charge in [-0.3, -0.25) is 9.59 Å². The lowest BCUT2D eigenvalue weighted by Crippen LogP contribution is -2.06. The first-order valence-corrected chi connectivity index (χ1v) is 15.2. The lowest BCUT2D eigenvalue weighted by molar-refractivity contribution is -0.141. The molecular formula is C31H62O4. The third kappa shape index (κ3) is 32.9. The van der Waals surface area contributed by atoms with Crippen LogP contribution < -0.4 is 0 Å².